The van der Waals surface area contributed by atoms with E-state index in [1.807, 2.05) is 6.92 Å². The molecule has 90 valence electrons. The second kappa shape index (κ2) is 6.41. The fourth-order valence-electron chi connectivity index (χ4n) is 1.50. The highest BCUT2D eigenvalue weighted by atomic mass is 31.1. The van der Waals surface area contributed by atoms with Crippen molar-refractivity contribution in [1.29, 1.82) is 0 Å². The van der Waals surface area contributed by atoms with Gasteiger partial charge in [-0.25, -0.2) is 0 Å². The van der Waals surface area contributed by atoms with Crippen molar-refractivity contribution < 1.29 is 18.8 Å². The van der Waals surface area contributed by atoms with E-state index in [1.165, 1.54) is 13.8 Å². The highest BCUT2D eigenvalue weighted by Gasteiger charge is 2.33. The maximum atomic E-state index is 11.8. The number of hydrogen-bond donors (Lipinski definition) is 1. The van der Waals surface area contributed by atoms with Crippen molar-refractivity contribution in [3.05, 3.63) is 0 Å². The van der Waals surface area contributed by atoms with Crippen LogP contribution in [0.25, 0.3) is 0 Å². The van der Waals surface area contributed by atoms with Gasteiger partial charge in [-0.3, -0.25) is 13.9 Å². The van der Waals surface area contributed by atoms with Crippen LogP contribution in [-0.4, -0.2) is 16.3 Å². The molecular weight excluding hydrogens is 215 g/mol. The monoisotopic (exact) mass is 236 g/mol. The number of hydrogen-bond acceptors (Lipinski definition) is 3. The summed E-state index contributed by atoms with van der Waals surface area (Å²) in [6.45, 7) is 6.97. The van der Waals surface area contributed by atoms with E-state index < -0.39 is 13.9 Å². The van der Waals surface area contributed by atoms with Crippen LogP contribution in [0.2, 0.25) is 0 Å². The van der Waals surface area contributed by atoms with Crippen molar-refractivity contribution in [3.63, 3.8) is 0 Å². The number of Topliss-reactive ketones (excluding diaryl/α,β-unsaturated/α-hetero) is 1. The van der Waals surface area contributed by atoms with Gasteiger partial charge in [0.15, 0.2) is 5.78 Å². The van der Waals surface area contributed by atoms with Crippen molar-refractivity contribution in [1.82, 2.24) is 0 Å². The first-order valence-corrected chi connectivity index (χ1v) is 6.54. The minimum atomic E-state index is -3.06. The topological polar surface area (TPSA) is 63.6 Å². The van der Waals surface area contributed by atoms with Crippen LogP contribution in [-0.2, 0) is 13.9 Å². The summed E-state index contributed by atoms with van der Waals surface area (Å²) in [5.74, 6) is -0.232. The Kier molecular flexibility index (Phi) is 6.34. The van der Waals surface area contributed by atoms with E-state index in [9.17, 15) is 9.36 Å². The van der Waals surface area contributed by atoms with Gasteiger partial charge in [-0.05, 0) is 20.3 Å². The lowest BCUT2D eigenvalue weighted by molar-refractivity contribution is -0.136. The van der Waals surface area contributed by atoms with Crippen LogP contribution in [0.3, 0.4) is 0 Å². The zero-order valence-electron chi connectivity index (χ0n) is 9.87. The SMILES string of the molecule is CCCCC(C)C(=O)C(C)(C)O[PH](=O)O. The third-order valence-corrected chi connectivity index (χ3v) is 3.06. The summed E-state index contributed by atoms with van der Waals surface area (Å²) in [6, 6.07) is 0. The first-order valence-electron chi connectivity index (χ1n) is 5.27. The van der Waals surface area contributed by atoms with Crippen LogP contribution < -0.4 is 0 Å². The average Bonchev–Trinajstić information content (AvgIpc) is 2.10. The first kappa shape index (κ1) is 14.8. The standard InChI is InChI=1S/C10H21O4P/c1-5-6-7-8(2)9(11)10(3,4)14-15(12)13/h8,15H,5-7H2,1-4H3,(H,12,13). The molecule has 0 aliphatic heterocycles. The van der Waals surface area contributed by atoms with Gasteiger partial charge in [0.05, 0.1) is 0 Å². The van der Waals surface area contributed by atoms with E-state index in [1.54, 1.807) is 0 Å². The third kappa shape index (κ3) is 5.45. The predicted molar refractivity (Wildman–Crippen MR) is 60.1 cm³/mol. The minimum Gasteiger partial charge on any atom is -0.326 e. The van der Waals surface area contributed by atoms with Gasteiger partial charge in [0.25, 0.3) is 0 Å². The molecule has 0 heterocycles. The molecule has 5 heteroatoms. The summed E-state index contributed by atoms with van der Waals surface area (Å²) in [7, 11) is -3.06. The van der Waals surface area contributed by atoms with Crippen LogP contribution in [0.1, 0.15) is 47.0 Å². The van der Waals surface area contributed by atoms with Crippen molar-refractivity contribution in [2.45, 2.75) is 52.6 Å². The van der Waals surface area contributed by atoms with Gasteiger partial charge in [0.1, 0.15) is 5.60 Å². The molecule has 0 aromatic rings. The fraction of sp³-hybridized carbons (Fsp3) is 0.900. The molecule has 0 aliphatic carbocycles. The molecule has 0 spiro atoms. The molecule has 0 radical (unpaired) electrons. The smallest absolute Gasteiger partial charge is 0.317 e. The molecule has 0 bridgehead atoms. The lowest BCUT2D eigenvalue weighted by atomic mass is 9.89. The normalized spacial score (nSPS) is 16.1. The molecule has 1 N–H and O–H groups in total. The molecule has 4 nitrogen and oxygen atoms in total. The highest BCUT2D eigenvalue weighted by Crippen LogP contribution is 2.29. The zero-order valence-corrected chi connectivity index (χ0v) is 10.9. The molecule has 0 rings (SSSR count). The maximum absolute atomic E-state index is 11.8. The summed E-state index contributed by atoms with van der Waals surface area (Å²) in [5, 5.41) is 0. The highest BCUT2D eigenvalue weighted by molar-refractivity contribution is 7.32. The van der Waals surface area contributed by atoms with E-state index in [0.717, 1.165) is 19.3 Å². The molecule has 2 atom stereocenters. The number of unbranched alkanes of at least 4 members (excludes halogenated alkanes) is 1. The van der Waals surface area contributed by atoms with E-state index in [0.29, 0.717) is 0 Å². The Morgan fingerprint density at radius 1 is 1.53 bits per heavy atom. The van der Waals surface area contributed by atoms with Crippen molar-refractivity contribution in [3.8, 4) is 0 Å². The Labute approximate surface area is 92.0 Å². The number of carbonyl (C=O) groups excluding carboxylic acids is 1. The molecule has 0 saturated heterocycles. The van der Waals surface area contributed by atoms with Crippen LogP contribution in [0.15, 0.2) is 0 Å². The van der Waals surface area contributed by atoms with Crippen molar-refractivity contribution >= 4 is 14.0 Å². The molecule has 0 aromatic carbocycles. The largest absolute Gasteiger partial charge is 0.326 e. The summed E-state index contributed by atoms with van der Waals surface area (Å²) in [4.78, 5) is 20.5. The molecule has 2 unspecified atom stereocenters. The van der Waals surface area contributed by atoms with Crippen LogP contribution in [0, 0.1) is 5.92 Å². The fourth-order valence-corrected chi connectivity index (χ4v) is 2.04. The van der Waals surface area contributed by atoms with Crippen molar-refractivity contribution in [2.75, 3.05) is 0 Å². The van der Waals surface area contributed by atoms with Gasteiger partial charge in [0, 0.05) is 5.92 Å². The van der Waals surface area contributed by atoms with Gasteiger partial charge in [-0.15, -0.1) is 0 Å². The molecule has 0 amide bonds. The first-order chi connectivity index (χ1) is 6.81. The van der Waals surface area contributed by atoms with Gasteiger partial charge in [-0.1, -0.05) is 26.7 Å². The summed E-state index contributed by atoms with van der Waals surface area (Å²) >= 11 is 0. The Morgan fingerprint density at radius 2 is 2.07 bits per heavy atom. The molecule has 0 aromatic heterocycles. The Morgan fingerprint density at radius 3 is 2.47 bits per heavy atom. The van der Waals surface area contributed by atoms with E-state index >= 15 is 0 Å². The van der Waals surface area contributed by atoms with Crippen LogP contribution >= 0.6 is 8.25 Å². The van der Waals surface area contributed by atoms with E-state index in [4.69, 9.17) is 9.42 Å². The number of ketones is 1. The maximum Gasteiger partial charge on any atom is 0.317 e. The molecule has 0 fully saturated rings. The summed E-state index contributed by atoms with van der Waals surface area (Å²) < 4.78 is 15.3. The van der Waals surface area contributed by atoms with E-state index in [2.05, 4.69) is 6.92 Å². The number of rotatable bonds is 7. The predicted octanol–water partition coefficient (Wildman–Crippen LogP) is 2.56. The molecule has 0 saturated carbocycles. The second-order valence-corrected chi connectivity index (χ2v) is 5.02. The Balaban J connectivity index is 4.33. The van der Waals surface area contributed by atoms with Gasteiger partial charge < -0.3 is 4.89 Å². The quantitative estimate of drug-likeness (QED) is 0.690. The minimum absolute atomic E-state index is 0.108. The van der Waals surface area contributed by atoms with Crippen LogP contribution in [0.5, 0.6) is 0 Å². The average molecular weight is 236 g/mol. The van der Waals surface area contributed by atoms with Crippen LogP contribution in [0.4, 0.5) is 0 Å². The van der Waals surface area contributed by atoms with Gasteiger partial charge in [0.2, 0.25) is 0 Å². The van der Waals surface area contributed by atoms with Gasteiger partial charge in [-0.2, -0.15) is 0 Å². The second-order valence-electron chi connectivity index (χ2n) is 4.29. The van der Waals surface area contributed by atoms with E-state index in [-0.39, 0.29) is 11.7 Å². The summed E-state index contributed by atoms with van der Waals surface area (Å²) in [5.41, 5.74) is -1.15. The Hall–Kier alpha value is -0.180. The zero-order chi connectivity index (χ0) is 12.1. The van der Waals surface area contributed by atoms with Crippen molar-refractivity contribution in [2.24, 2.45) is 5.92 Å². The lowest BCUT2D eigenvalue weighted by Gasteiger charge is -2.25. The number of carbonyl (C=O) groups is 1. The Bertz CT molecular complexity index is 238. The lowest BCUT2D eigenvalue weighted by Crippen LogP contribution is -2.37. The third-order valence-electron chi connectivity index (χ3n) is 2.37. The molecular formula is C10H21O4P. The molecule has 0 aliphatic rings. The van der Waals surface area contributed by atoms with Gasteiger partial charge >= 0.3 is 8.25 Å². The summed E-state index contributed by atoms with van der Waals surface area (Å²) in [6.07, 6.45) is 2.82. The molecule has 15 heavy (non-hydrogen) atoms.